The number of benzene rings is 1. The summed E-state index contributed by atoms with van der Waals surface area (Å²) in [4.78, 5) is 12.0. The van der Waals surface area contributed by atoms with Crippen molar-refractivity contribution in [1.82, 2.24) is 5.32 Å². The zero-order chi connectivity index (χ0) is 14.4. The van der Waals surface area contributed by atoms with E-state index in [-0.39, 0.29) is 5.91 Å². The van der Waals surface area contributed by atoms with Crippen LogP contribution in [0.2, 0.25) is 0 Å². The second-order valence-corrected chi connectivity index (χ2v) is 5.94. The molecule has 0 aliphatic heterocycles. The van der Waals surface area contributed by atoms with Crippen LogP contribution in [0.3, 0.4) is 0 Å². The second kappa shape index (κ2) is 7.32. The van der Waals surface area contributed by atoms with Crippen molar-refractivity contribution in [2.75, 3.05) is 5.73 Å². The molecule has 0 heterocycles. The normalized spacial score (nSPS) is 22.4. The number of carbonyl (C=O) groups is 1. The van der Waals surface area contributed by atoms with Gasteiger partial charge in [-0.2, -0.15) is 0 Å². The van der Waals surface area contributed by atoms with Crippen molar-refractivity contribution < 1.29 is 4.79 Å². The van der Waals surface area contributed by atoms with Crippen molar-refractivity contribution in [2.45, 2.75) is 57.9 Å². The summed E-state index contributed by atoms with van der Waals surface area (Å²) in [6.07, 6.45) is 7.40. The van der Waals surface area contributed by atoms with Gasteiger partial charge in [0.2, 0.25) is 5.91 Å². The molecule has 1 amide bonds. The Bertz CT molecular complexity index is 436. The largest absolute Gasteiger partial charge is 0.399 e. The summed E-state index contributed by atoms with van der Waals surface area (Å²) in [7, 11) is 0. The molecule has 0 bridgehead atoms. The molecule has 1 fully saturated rings. The standard InChI is InChI=1S/C17H26N2O/c1-2-13-6-9-16(10-7-13)19-17(20)11-8-14-4-3-5-15(18)12-14/h3-5,12-13,16H,2,6-11,18H2,1H3,(H,19,20). The van der Waals surface area contributed by atoms with Gasteiger partial charge in [-0.25, -0.2) is 0 Å². The van der Waals surface area contributed by atoms with Crippen LogP contribution in [-0.4, -0.2) is 11.9 Å². The van der Waals surface area contributed by atoms with Gasteiger partial charge in [-0.3, -0.25) is 4.79 Å². The summed E-state index contributed by atoms with van der Waals surface area (Å²) < 4.78 is 0. The van der Waals surface area contributed by atoms with Crippen LogP contribution in [0.4, 0.5) is 5.69 Å². The van der Waals surface area contributed by atoms with Gasteiger partial charge in [0.25, 0.3) is 0 Å². The van der Waals surface area contributed by atoms with E-state index in [1.807, 2.05) is 24.3 Å². The average Bonchev–Trinajstić information content (AvgIpc) is 2.46. The first-order valence-corrected chi connectivity index (χ1v) is 7.81. The topological polar surface area (TPSA) is 55.1 Å². The van der Waals surface area contributed by atoms with E-state index in [0.29, 0.717) is 12.5 Å². The number of hydrogen-bond donors (Lipinski definition) is 2. The Labute approximate surface area is 121 Å². The maximum Gasteiger partial charge on any atom is 0.220 e. The smallest absolute Gasteiger partial charge is 0.220 e. The van der Waals surface area contributed by atoms with Gasteiger partial charge in [0.05, 0.1) is 0 Å². The van der Waals surface area contributed by atoms with Crippen LogP contribution in [0.5, 0.6) is 0 Å². The molecule has 2 rings (SSSR count). The second-order valence-electron chi connectivity index (χ2n) is 5.94. The van der Waals surface area contributed by atoms with Crippen molar-refractivity contribution in [3.63, 3.8) is 0 Å². The summed E-state index contributed by atoms with van der Waals surface area (Å²) >= 11 is 0. The summed E-state index contributed by atoms with van der Waals surface area (Å²) in [5.74, 6) is 1.04. The third kappa shape index (κ3) is 4.55. The average molecular weight is 274 g/mol. The molecule has 1 aliphatic carbocycles. The number of hydrogen-bond acceptors (Lipinski definition) is 2. The van der Waals surface area contributed by atoms with Crippen molar-refractivity contribution >= 4 is 11.6 Å². The fourth-order valence-electron chi connectivity index (χ4n) is 3.02. The number of rotatable bonds is 5. The van der Waals surface area contributed by atoms with Crippen LogP contribution in [-0.2, 0) is 11.2 Å². The number of nitrogen functional groups attached to an aromatic ring is 1. The van der Waals surface area contributed by atoms with Crippen molar-refractivity contribution in [1.29, 1.82) is 0 Å². The van der Waals surface area contributed by atoms with Gasteiger partial charge in [0.1, 0.15) is 0 Å². The molecule has 0 unspecified atom stereocenters. The van der Waals surface area contributed by atoms with E-state index in [9.17, 15) is 4.79 Å². The molecule has 1 aromatic rings. The van der Waals surface area contributed by atoms with Crippen molar-refractivity contribution in [3.8, 4) is 0 Å². The first-order chi connectivity index (χ1) is 9.67. The highest BCUT2D eigenvalue weighted by Crippen LogP contribution is 2.26. The molecule has 110 valence electrons. The van der Waals surface area contributed by atoms with Gasteiger partial charge >= 0.3 is 0 Å². The molecule has 1 aromatic carbocycles. The minimum Gasteiger partial charge on any atom is -0.399 e. The zero-order valence-electron chi connectivity index (χ0n) is 12.4. The minimum atomic E-state index is 0.173. The van der Waals surface area contributed by atoms with Crippen LogP contribution in [0.25, 0.3) is 0 Å². The molecule has 0 aromatic heterocycles. The van der Waals surface area contributed by atoms with Gasteiger partial charge < -0.3 is 11.1 Å². The third-order valence-corrected chi connectivity index (χ3v) is 4.38. The molecule has 0 saturated heterocycles. The molecule has 3 heteroatoms. The van der Waals surface area contributed by atoms with E-state index >= 15 is 0 Å². The lowest BCUT2D eigenvalue weighted by molar-refractivity contribution is -0.122. The molecular formula is C17H26N2O. The summed E-state index contributed by atoms with van der Waals surface area (Å²) in [5.41, 5.74) is 7.64. The lowest BCUT2D eigenvalue weighted by Crippen LogP contribution is -2.37. The van der Waals surface area contributed by atoms with Crippen LogP contribution >= 0.6 is 0 Å². The van der Waals surface area contributed by atoms with Gasteiger partial charge in [-0.1, -0.05) is 25.5 Å². The Kier molecular flexibility index (Phi) is 5.45. The highest BCUT2D eigenvalue weighted by atomic mass is 16.1. The minimum absolute atomic E-state index is 0.173. The maximum atomic E-state index is 12.0. The zero-order valence-corrected chi connectivity index (χ0v) is 12.4. The number of nitrogens with one attached hydrogen (secondary N) is 1. The molecule has 20 heavy (non-hydrogen) atoms. The first-order valence-electron chi connectivity index (χ1n) is 7.81. The number of carbonyl (C=O) groups excluding carboxylic acids is 1. The molecule has 3 nitrogen and oxygen atoms in total. The van der Waals surface area contributed by atoms with Crippen molar-refractivity contribution in [3.05, 3.63) is 29.8 Å². The molecule has 1 aliphatic rings. The predicted octanol–water partition coefficient (Wildman–Crippen LogP) is 3.29. The summed E-state index contributed by atoms with van der Waals surface area (Å²) in [5, 5.41) is 3.18. The van der Waals surface area contributed by atoms with Gasteiger partial charge in [-0.15, -0.1) is 0 Å². The number of anilines is 1. The highest BCUT2D eigenvalue weighted by Gasteiger charge is 2.20. The quantitative estimate of drug-likeness (QED) is 0.810. The summed E-state index contributed by atoms with van der Waals surface area (Å²) in [6, 6.07) is 8.17. The molecule has 0 atom stereocenters. The Morgan fingerprint density at radius 1 is 1.30 bits per heavy atom. The van der Waals surface area contributed by atoms with Gasteiger partial charge in [0.15, 0.2) is 0 Å². The monoisotopic (exact) mass is 274 g/mol. The lowest BCUT2D eigenvalue weighted by atomic mass is 9.84. The Morgan fingerprint density at radius 3 is 2.70 bits per heavy atom. The number of amides is 1. The van der Waals surface area contributed by atoms with E-state index in [1.54, 1.807) is 0 Å². The SMILES string of the molecule is CCC1CCC(NC(=O)CCc2cccc(N)c2)CC1. The molecule has 3 N–H and O–H groups in total. The molecule has 0 spiro atoms. The predicted molar refractivity (Wildman–Crippen MR) is 83.4 cm³/mol. The van der Waals surface area contributed by atoms with Crippen LogP contribution in [0, 0.1) is 5.92 Å². The maximum absolute atomic E-state index is 12.0. The molecular weight excluding hydrogens is 248 g/mol. The fraction of sp³-hybridized carbons (Fsp3) is 0.588. The highest BCUT2D eigenvalue weighted by molar-refractivity contribution is 5.76. The Hall–Kier alpha value is -1.51. The number of aryl methyl sites for hydroxylation is 1. The van der Waals surface area contributed by atoms with E-state index < -0.39 is 0 Å². The van der Waals surface area contributed by atoms with Gasteiger partial charge in [0, 0.05) is 18.2 Å². The van der Waals surface area contributed by atoms with Crippen LogP contribution in [0.1, 0.15) is 51.0 Å². The van der Waals surface area contributed by atoms with E-state index in [2.05, 4.69) is 12.2 Å². The summed E-state index contributed by atoms with van der Waals surface area (Å²) in [6.45, 7) is 2.26. The van der Waals surface area contributed by atoms with E-state index in [4.69, 9.17) is 5.73 Å². The number of nitrogens with two attached hydrogens (primary N) is 1. The van der Waals surface area contributed by atoms with Gasteiger partial charge in [-0.05, 0) is 55.7 Å². The first kappa shape index (κ1) is 14.9. The third-order valence-electron chi connectivity index (χ3n) is 4.38. The van der Waals surface area contributed by atoms with Crippen LogP contribution < -0.4 is 11.1 Å². The van der Waals surface area contributed by atoms with E-state index in [1.165, 1.54) is 19.3 Å². The fourth-order valence-corrected chi connectivity index (χ4v) is 3.02. The van der Waals surface area contributed by atoms with Crippen molar-refractivity contribution in [2.24, 2.45) is 5.92 Å². The Morgan fingerprint density at radius 2 is 2.05 bits per heavy atom. The Balaban J connectivity index is 1.71. The molecule has 1 saturated carbocycles. The molecule has 0 radical (unpaired) electrons. The van der Waals surface area contributed by atoms with E-state index in [0.717, 1.165) is 36.4 Å². The lowest BCUT2D eigenvalue weighted by Gasteiger charge is -2.28. The van der Waals surface area contributed by atoms with Crippen LogP contribution in [0.15, 0.2) is 24.3 Å².